The minimum atomic E-state index is -5.35. The Balaban J connectivity index is 5.52. The van der Waals surface area contributed by atoms with Crippen molar-refractivity contribution in [3.8, 4) is 0 Å². The Morgan fingerprint density at radius 1 is 0.950 bits per heavy atom. The SMILES string of the molecule is CC[Si](CC)(CC)O/C(=C\C(=O)C(F)(F)F)C(F)(F)F. The van der Waals surface area contributed by atoms with Gasteiger partial charge in [-0.1, -0.05) is 20.8 Å². The number of hydrogen-bond acceptors (Lipinski definition) is 2. The van der Waals surface area contributed by atoms with Crippen LogP contribution < -0.4 is 0 Å². The minimum Gasteiger partial charge on any atom is -0.540 e. The van der Waals surface area contributed by atoms with Crippen molar-refractivity contribution in [3.05, 3.63) is 11.8 Å². The predicted molar refractivity (Wildman–Crippen MR) is 63.5 cm³/mol. The first-order chi connectivity index (χ1) is 8.91. The normalized spacial score (nSPS) is 14.3. The molecular weight excluding hydrogens is 306 g/mol. The van der Waals surface area contributed by atoms with E-state index in [2.05, 4.69) is 0 Å². The summed E-state index contributed by atoms with van der Waals surface area (Å²) in [5.41, 5.74) is 0. The van der Waals surface area contributed by atoms with Crippen molar-refractivity contribution in [2.24, 2.45) is 0 Å². The molecule has 0 saturated heterocycles. The summed E-state index contributed by atoms with van der Waals surface area (Å²) in [4.78, 5) is 10.7. The maximum absolute atomic E-state index is 12.7. The highest BCUT2D eigenvalue weighted by molar-refractivity contribution is 6.73. The van der Waals surface area contributed by atoms with Crippen LogP contribution in [0.3, 0.4) is 0 Å². The molecule has 0 aromatic rings. The topological polar surface area (TPSA) is 26.3 Å². The fraction of sp³-hybridized carbons (Fsp3) is 0.727. The van der Waals surface area contributed by atoms with Gasteiger partial charge in [-0.2, -0.15) is 26.3 Å². The van der Waals surface area contributed by atoms with Gasteiger partial charge in [-0.15, -0.1) is 0 Å². The molecule has 0 saturated carbocycles. The second-order valence-corrected chi connectivity index (χ2v) is 8.91. The molecule has 2 nitrogen and oxygen atoms in total. The van der Waals surface area contributed by atoms with Crippen LogP contribution in [0.5, 0.6) is 0 Å². The summed E-state index contributed by atoms with van der Waals surface area (Å²) in [7, 11) is -2.82. The van der Waals surface area contributed by atoms with Crippen LogP contribution in [0, 0.1) is 0 Å². The average molecular weight is 322 g/mol. The van der Waals surface area contributed by atoms with Crippen LogP contribution in [0.25, 0.3) is 0 Å². The molecule has 0 radical (unpaired) electrons. The smallest absolute Gasteiger partial charge is 0.454 e. The molecule has 0 aliphatic carbocycles. The number of hydrogen-bond donors (Lipinski definition) is 0. The fourth-order valence-corrected chi connectivity index (χ4v) is 4.14. The van der Waals surface area contributed by atoms with Crippen molar-refractivity contribution in [2.75, 3.05) is 0 Å². The molecule has 0 aliphatic heterocycles. The summed E-state index contributed by atoms with van der Waals surface area (Å²) in [6.07, 6.45) is -11.0. The third-order valence-corrected chi connectivity index (χ3v) is 7.60. The standard InChI is InChI=1S/C11H16F6O2Si/c1-4-20(5-2,6-3)19-9(11(15,16)17)7-8(18)10(12,13)14/h7H,4-6H2,1-3H3/b9-7-. The van der Waals surface area contributed by atoms with E-state index in [1.165, 1.54) is 0 Å². The van der Waals surface area contributed by atoms with Crippen molar-refractivity contribution in [2.45, 2.75) is 51.3 Å². The van der Waals surface area contributed by atoms with Crippen LogP contribution in [0.2, 0.25) is 18.1 Å². The van der Waals surface area contributed by atoms with Gasteiger partial charge >= 0.3 is 12.4 Å². The van der Waals surface area contributed by atoms with Gasteiger partial charge in [0.2, 0.25) is 8.32 Å². The largest absolute Gasteiger partial charge is 0.540 e. The first-order valence-electron chi connectivity index (χ1n) is 6.01. The van der Waals surface area contributed by atoms with E-state index in [1.807, 2.05) is 0 Å². The fourth-order valence-electron chi connectivity index (χ4n) is 1.57. The van der Waals surface area contributed by atoms with Crippen LogP contribution in [-0.2, 0) is 9.22 Å². The van der Waals surface area contributed by atoms with E-state index in [0.717, 1.165) is 0 Å². The predicted octanol–water partition coefficient (Wildman–Crippen LogP) is 4.59. The molecule has 9 heteroatoms. The zero-order valence-corrected chi connectivity index (χ0v) is 12.3. The van der Waals surface area contributed by atoms with Crippen molar-refractivity contribution in [1.82, 2.24) is 0 Å². The molecule has 0 spiro atoms. The highest BCUT2D eigenvalue weighted by Gasteiger charge is 2.45. The molecular formula is C11H16F6O2Si. The molecule has 0 bridgehead atoms. The first kappa shape index (κ1) is 19.0. The molecule has 0 unspecified atom stereocenters. The molecule has 0 fully saturated rings. The number of carbonyl (C=O) groups is 1. The van der Waals surface area contributed by atoms with Gasteiger partial charge in [0.1, 0.15) is 0 Å². The Bertz CT molecular complexity index is 360. The first-order valence-corrected chi connectivity index (χ1v) is 8.54. The van der Waals surface area contributed by atoms with E-state index in [0.29, 0.717) is 18.1 Å². The number of carbonyl (C=O) groups excluding carboxylic acids is 1. The summed E-state index contributed by atoms with van der Waals surface area (Å²) < 4.78 is 79.2. The van der Waals surface area contributed by atoms with Gasteiger partial charge in [0.25, 0.3) is 5.78 Å². The van der Waals surface area contributed by atoms with Gasteiger partial charge in [0.05, 0.1) is 0 Å². The lowest BCUT2D eigenvalue weighted by Gasteiger charge is -2.31. The molecule has 0 N–H and O–H groups in total. The van der Waals surface area contributed by atoms with E-state index in [9.17, 15) is 31.1 Å². The molecule has 20 heavy (non-hydrogen) atoms. The Morgan fingerprint density at radius 2 is 1.35 bits per heavy atom. The highest BCUT2D eigenvalue weighted by atomic mass is 28.4. The monoisotopic (exact) mass is 322 g/mol. The average Bonchev–Trinajstić information content (AvgIpc) is 2.32. The summed E-state index contributed by atoms with van der Waals surface area (Å²) in [5.74, 6) is -4.42. The number of ketones is 1. The van der Waals surface area contributed by atoms with Crippen molar-refractivity contribution in [1.29, 1.82) is 0 Å². The lowest BCUT2D eigenvalue weighted by atomic mass is 10.3. The van der Waals surface area contributed by atoms with E-state index in [-0.39, 0.29) is 0 Å². The van der Waals surface area contributed by atoms with Crippen LogP contribution >= 0.6 is 0 Å². The van der Waals surface area contributed by atoms with Gasteiger partial charge in [-0.25, -0.2) is 0 Å². The molecule has 0 aliphatic rings. The Kier molecular flexibility index (Phi) is 6.31. The Labute approximate surface area is 113 Å². The molecule has 0 heterocycles. The van der Waals surface area contributed by atoms with Gasteiger partial charge in [-0.05, 0) is 18.1 Å². The zero-order chi connectivity index (χ0) is 16.2. The maximum atomic E-state index is 12.7. The second-order valence-electron chi connectivity index (χ2n) is 4.21. The highest BCUT2D eigenvalue weighted by Crippen LogP contribution is 2.34. The molecule has 0 aromatic heterocycles. The van der Waals surface area contributed by atoms with Gasteiger partial charge in [0, 0.05) is 6.08 Å². The van der Waals surface area contributed by atoms with Crippen molar-refractivity contribution < 1.29 is 35.6 Å². The number of halogens is 6. The summed E-state index contributed by atoms with van der Waals surface area (Å²) >= 11 is 0. The van der Waals surface area contributed by atoms with E-state index >= 15 is 0 Å². The lowest BCUT2D eigenvalue weighted by Crippen LogP contribution is -2.38. The number of alkyl halides is 6. The van der Waals surface area contributed by atoms with Gasteiger partial charge < -0.3 is 4.43 Å². The Morgan fingerprint density at radius 3 is 1.60 bits per heavy atom. The van der Waals surface area contributed by atoms with Crippen molar-refractivity contribution in [3.63, 3.8) is 0 Å². The van der Waals surface area contributed by atoms with E-state index in [4.69, 9.17) is 4.43 Å². The molecule has 0 atom stereocenters. The van der Waals surface area contributed by atoms with Crippen LogP contribution in [0.4, 0.5) is 26.3 Å². The number of rotatable bonds is 6. The minimum absolute atomic E-state index is 0.313. The zero-order valence-electron chi connectivity index (χ0n) is 11.3. The van der Waals surface area contributed by atoms with E-state index in [1.54, 1.807) is 20.8 Å². The second kappa shape index (κ2) is 6.64. The van der Waals surface area contributed by atoms with Crippen molar-refractivity contribution >= 4 is 14.1 Å². The van der Waals surface area contributed by atoms with Gasteiger partial charge in [0.15, 0.2) is 5.76 Å². The van der Waals surface area contributed by atoms with E-state index < -0.39 is 38.3 Å². The number of allylic oxidation sites excluding steroid dienone is 2. The van der Waals surface area contributed by atoms with Gasteiger partial charge in [-0.3, -0.25) is 4.79 Å². The summed E-state index contributed by atoms with van der Waals surface area (Å²) in [6, 6.07) is 0.939. The Hall–Kier alpha value is -0.993. The quantitative estimate of drug-likeness (QED) is 0.309. The summed E-state index contributed by atoms with van der Waals surface area (Å²) in [5, 5.41) is 0. The maximum Gasteiger partial charge on any atom is 0.454 e. The molecule has 118 valence electrons. The molecule has 0 rings (SSSR count). The van der Waals surface area contributed by atoms with Crippen LogP contribution in [-0.4, -0.2) is 26.5 Å². The lowest BCUT2D eigenvalue weighted by molar-refractivity contribution is -0.166. The van der Waals surface area contributed by atoms with Crippen LogP contribution in [0.15, 0.2) is 11.8 Å². The third-order valence-electron chi connectivity index (χ3n) is 3.08. The summed E-state index contributed by atoms with van der Waals surface area (Å²) in [6.45, 7) is 4.87. The third kappa shape index (κ3) is 5.18. The molecule has 0 aromatic carbocycles. The van der Waals surface area contributed by atoms with Crippen LogP contribution in [0.1, 0.15) is 20.8 Å². The molecule has 0 amide bonds.